The van der Waals surface area contributed by atoms with Crippen LogP contribution in [0.25, 0.3) is 0 Å². The number of Topliss-reactive ketones (excluding diaryl/α,β-unsaturated/α-hetero) is 1. The third-order valence-electron chi connectivity index (χ3n) is 5.49. The summed E-state index contributed by atoms with van der Waals surface area (Å²) in [6, 6.07) is 0. The normalized spacial score (nSPS) is 39.1. The largest absolute Gasteiger partial charge is 0.457 e. The minimum absolute atomic E-state index is 0.0456. The molecule has 2 saturated carbocycles. The van der Waals surface area contributed by atoms with Gasteiger partial charge < -0.3 is 9.47 Å². The number of hydrogen-bond donors (Lipinski definition) is 0. The van der Waals surface area contributed by atoms with Crippen LogP contribution in [0.1, 0.15) is 40.5 Å². The number of rotatable bonds is 3. The van der Waals surface area contributed by atoms with Crippen LogP contribution in [0.15, 0.2) is 11.1 Å². The topological polar surface area (TPSA) is 69.7 Å². The molecule has 2 bridgehead atoms. The maximum Gasteiger partial charge on any atom is 0.334 e. The molecule has 5 atom stereocenters. The highest BCUT2D eigenvalue weighted by atomic mass is 16.6. The molecule has 5 nitrogen and oxygen atoms in total. The molecule has 21 heavy (non-hydrogen) atoms. The molecule has 0 amide bonds. The summed E-state index contributed by atoms with van der Waals surface area (Å²) in [6.45, 7) is 6.89. The van der Waals surface area contributed by atoms with E-state index in [1.165, 1.54) is 6.92 Å². The number of ketones is 1. The molecule has 1 saturated heterocycles. The average Bonchev–Trinajstić information content (AvgIpc) is 2.99. The lowest BCUT2D eigenvalue weighted by atomic mass is 9.71. The summed E-state index contributed by atoms with van der Waals surface area (Å²) in [7, 11) is 0. The first-order chi connectivity index (χ1) is 9.79. The van der Waals surface area contributed by atoms with Crippen molar-refractivity contribution in [3.05, 3.63) is 11.1 Å². The lowest BCUT2D eigenvalue weighted by molar-refractivity contribution is -0.158. The molecule has 3 aliphatic rings. The van der Waals surface area contributed by atoms with Gasteiger partial charge in [-0.05, 0) is 40.5 Å². The fraction of sp³-hybridized carbons (Fsp3) is 0.688. The number of fused-ring (bicyclic) bond motifs is 1. The van der Waals surface area contributed by atoms with E-state index in [0.717, 1.165) is 12.0 Å². The Morgan fingerprint density at radius 2 is 1.90 bits per heavy atom. The van der Waals surface area contributed by atoms with Crippen LogP contribution >= 0.6 is 0 Å². The first-order valence-corrected chi connectivity index (χ1v) is 7.36. The Morgan fingerprint density at radius 3 is 2.48 bits per heavy atom. The second kappa shape index (κ2) is 4.42. The van der Waals surface area contributed by atoms with Crippen LogP contribution in [0.4, 0.5) is 0 Å². The third-order valence-corrected chi connectivity index (χ3v) is 5.49. The van der Waals surface area contributed by atoms with Crippen LogP contribution < -0.4 is 0 Å². The lowest BCUT2D eigenvalue weighted by Crippen LogP contribution is -2.43. The zero-order valence-electron chi connectivity index (χ0n) is 12.8. The van der Waals surface area contributed by atoms with E-state index in [2.05, 4.69) is 0 Å². The zero-order chi connectivity index (χ0) is 15.5. The molecule has 114 valence electrons. The number of carbonyl (C=O) groups is 3. The van der Waals surface area contributed by atoms with Gasteiger partial charge in [0.15, 0.2) is 0 Å². The van der Waals surface area contributed by atoms with Gasteiger partial charge in [-0.15, -0.1) is 0 Å². The first kappa shape index (κ1) is 14.3. The quantitative estimate of drug-likeness (QED) is 0.450. The van der Waals surface area contributed by atoms with E-state index >= 15 is 0 Å². The Labute approximate surface area is 123 Å². The Balaban J connectivity index is 1.83. The van der Waals surface area contributed by atoms with Gasteiger partial charge in [0.05, 0.1) is 0 Å². The van der Waals surface area contributed by atoms with Crippen molar-refractivity contribution in [2.45, 2.75) is 52.7 Å². The molecule has 3 rings (SSSR count). The molecule has 1 heterocycles. The van der Waals surface area contributed by atoms with Crippen molar-refractivity contribution >= 4 is 17.7 Å². The van der Waals surface area contributed by atoms with Crippen molar-refractivity contribution < 1.29 is 23.9 Å². The lowest BCUT2D eigenvalue weighted by Gasteiger charge is -2.30. The second-order valence-electron chi connectivity index (χ2n) is 6.70. The SMILES string of the molecule is CC(=O)C12CC3CC1C(OC2=O)C3OC(=O)C(C)=C(C)C. The summed E-state index contributed by atoms with van der Waals surface area (Å²) in [5, 5.41) is 0. The Kier molecular flexibility index (Phi) is 3.01. The highest BCUT2D eigenvalue weighted by molar-refractivity contribution is 6.05. The van der Waals surface area contributed by atoms with Crippen LogP contribution in [-0.4, -0.2) is 29.9 Å². The Hall–Kier alpha value is -1.65. The van der Waals surface area contributed by atoms with Gasteiger partial charge in [-0.1, -0.05) is 5.57 Å². The van der Waals surface area contributed by atoms with E-state index in [4.69, 9.17) is 9.47 Å². The highest BCUT2D eigenvalue weighted by Gasteiger charge is 2.73. The fourth-order valence-electron chi connectivity index (χ4n) is 4.08. The number of ether oxygens (including phenoxy) is 2. The second-order valence-corrected chi connectivity index (χ2v) is 6.70. The molecule has 0 N–H and O–H groups in total. The van der Waals surface area contributed by atoms with E-state index < -0.39 is 23.6 Å². The predicted molar refractivity (Wildman–Crippen MR) is 73.1 cm³/mol. The van der Waals surface area contributed by atoms with Gasteiger partial charge in [-0.3, -0.25) is 9.59 Å². The summed E-state index contributed by atoms with van der Waals surface area (Å²) < 4.78 is 11.0. The Bertz CT molecular complexity index is 571. The predicted octanol–water partition coefficient (Wildman–Crippen LogP) is 1.80. The van der Waals surface area contributed by atoms with Gasteiger partial charge in [0.2, 0.25) is 0 Å². The molecule has 2 aliphatic carbocycles. The van der Waals surface area contributed by atoms with Crippen LogP contribution in [0.2, 0.25) is 0 Å². The van der Waals surface area contributed by atoms with E-state index in [1.54, 1.807) is 6.92 Å². The summed E-state index contributed by atoms with van der Waals surface area (Å²) in [4.78, 5) is 36.2. The highest BCUT2D eigenvalue weighted by Crippen LogP contribution is 2.62. The van der Waals surface area contributed by atoms with Gasteiger partial charge >= 0.3 is 11.9 Å². The summed E-state index contributed by atoms with van der Waals surface area (Å²) in [6.07, 6.45) is 0.320. The minimum Gasteiger partial charge on any atom is -0.457 e. The van der Waals surface area contributed by atoms with Crippen molar-refractivity contribution in [2.75, 3.05) is 0 Å². The van der Waals surface area contributed by atoms with Crippen LogP contribution in [0.5, 0.6) is 0 Å². The van der Waals surface area contributed by atoms with Gasteiger partial charge in [0.1, 0.15) is 23.4 Å². The molecule has 0 spiro atoms. The summed E-state index contributed by atoms with van der Waals surface area (Å²) in [5.74, 6) is -0.983. The third kappa shape index (κ3) is 1.72. The van der Waals surface area contributed by atoms with Crippen LogP contribution in [0.3, 0.4) is 0 Å². The summed E-state index contributed by atoms with van der Waals surface area (Å²) >= 11 is 0. The Morgan fingerprint density at radius 1 is 1.24 bits per heavy atom. The van der Waals surface area contributed by atoms with Gasteiger partial charge in [0, 0.05) is 17.4 Å². The zero-order valence-corrected chi connectivity index (χ0v) is 12.8. The first-order valence-electron chi connectivity index (χ1n) is 7.36. The maximum absolute atomic E-state index is 12.1. The van der Waals surface area contributed by atoms with Crippen molar-refractivity contribution in [3.8, 4) is 0 Å². The van der Waals surface area contributed by atoms with Gasteiger partial charge in [-0.25, -0.2) is 4.79 Å². The van der Waals surface area contributed by atoms with Gasteiger partial charge in [0.25, 0.3) is 0 Å². The molecule has 0 aromatic rings. The van der Waals surface area contributed by atoms with Crippen molar-refractivity contribution in [1.82, 2.24) is 0 Å². The fourth-order valence-corrected chi connectivity index (χ4v) is 4.08. The molecule has 0 radical (unpaired) electrons. The monoisotopic (exact) mass is 292 g/mol. The van der Waals surface area contributed by atoms with E-state index in [0.29, 0.717) is 12.0 Å². The number of hydrogen-bond acceptors (Lipinski definition) is 5. The standard InChI is InChI=1S/C16H20O5/c1-7(2)8(3)14(18)20-12-10-5-11-13(12)21-15(19)16(11,6-10)9(4)17/h10-13H,5-6H2,1-4H3. The van der Waals surface area contributed by atoms with Crippen molar-refractivity contribution in [2.24, 2.45) is 17.3 Å². The smallest absolute Gasteiger partial charge is 0.334 e. The number of allylic oxidation sites excluding steroid dienone is 1. The maximum atomic E-state index is 12.1. The van der Waals surface area contributed by atoms with E-state index in [9.17, 15) is 14.4 Å². The molecule has 3 fully saturated rings. The molecule has 5 unspecified atom stereocenters. The molecular weight excluding hydrogens is 272 g/mol. The molecule has 1 aliphatic heterocycles. The van der Waals surface area contributed by atoms with Crippen molar-refractivity contribution in [3.63, 3.8) is 0 Å². The molecule has 5 heteroatoms. The van der Waals surface area contributed by atoms with Crippen LogP contribution in [-0.2, 0) is 23.9 Å². The van der Waals surface area contributed by atoms with Gasteiger partial charge in [-0.2, -0.15) is 0 Å². The molecule has 0 aromatic heterocycles. The van der Waals surface area contributed by atoms with Crippen molar-refractivity contribution in [1.29, 1.82) is 0 Å². The van der Waals surface area contributed by atoms with Crippen LogP contribution in [0, 0.1) is 17.3 Å². The number of carbonyl (C=O) groups excluding carboxylic acids is 3. The average molecular weight is 292 g/mol. The minimum atomic E-state index is -0.968. The van der Waals surface area contributed by atoms with E-state index in [1.807, 2.05) is 13.8 Å². The molecular formula is C16H20O5. The van der Waals surface area contributed by atoms with E-state index in [-0.39, 0.29) is 23.6 Å². The molecule has 0 aromatic carbocycles. The summed E-state index contributed by atoms with van der Waals surface area (Å²) in [5.41, 5.74) is 0.522. The number of esters is 2.